The first-order chi connectivity index (χ1) is 14.3. The number of fused-ring (bicyclic) bond motifs is 5. The first-order valence-corrected chi connectivity index (χ1v) is 13.0. The Labute approximate surface area is 185 Å². The van der Waals surface area contributed by atoms with Crippen molar-refractivity contribution in [2.45, 2.75) is 111 Å². The van der Waals surface area contributed by atoms with Crippen molar-refractivity contribution < 1.29 is 0 Å². The fourth-order valence-electron chi connectivity index (χ4n) is 8.84. The Hall–Kier alpha value is -0.950. The largest absolute Gasteiger partial charge is 0.0903 e. The zero-order chi connectivity index (χ0) is 21.5. The molecule has 3 nitrogen and oxygen atoms in total. The summed E-state index contributed by atoms with van der Waals surface area (Å²) in [5.41, 5.74) is 11.5. The molecule has 0 radical (unpaired) electrons. The van der Waals surface area contributed by atoms with E-state index in [1.54, 1.807) is 5.57 Å². The summed E-state index contributed by atoms with van der Waals surface area (Å²) in [5, 5.41) is 4.08. The molecule has 0 N–H and O–H groups in total. The lowest BCUT2D eigenvalue weighted by Gasteiger charge is -2.58. The number of hydrogen-bond acceptors (Lipinski definition) is 1. The molecule has 0 aromatic carbocycles. The molecule has 0 aromatic rings. The summed E-state index contributed by atoms with van der Waals surface area (Å²) < 4.78 is 0. The average molecular weight is 412 g/mol. The minimum atomic E-state index is 0.197. The predicted octanol–water partition coefficient (Wildman–Crippen LogP) is 8.71. The van der Waals surface area contributed by atoms with E-state index >= 15 is 0 Å². The highest BCUT2D eigenvalue weighted by Crippen LogP contribution is 2.67. The Balaban J connectivity index is 1.49. The van der Waals surface area contributed by atoms with Gasteiger partial charge in [0.15, 0.2) is 0 Å². The van der Waals surface area contributed by atoms with Crippen molar-refractivity contribution in [2.24, 2.45) is 51.5 Å². The van der Waals surface area contributed by atoms with Crippen molar-refractivity contribution in [3.05, 3.63) is 22.1 Å². The highest BCUT2D eigenvalue weighted by atomic mass is 15.1. The second-order valence-corrected chi connectivity index (χ2v) is 12.4. The van der Waals surface area contributed by atoms with E-state index in [1.165, 1.54) is 57.8 Å². The third-order valence-electron chi connectivity index (χ3n) is 10.5. The van der Waals surface area contributed by atoms with Crippen molar-refractivity contribution in [1.29, 1.82) is 0 Å². The molecule has 0 spiro atoms. The third kappa shape index (κ3) is 3.74. The third-order valence-corrected chi connectivity index (χ3v) is 10.5. The van der Waals surface area contributed by atoms with Crippen LogP contribution in [0.1, 0.15) is 105 Å². The molecule has 0 amide bonds. The summed E-state index contributed by atoms with van der Waals surface area (Å²) in [5.74, 6) is 5.35. The van der Waals surface area contributed by atoms with E-state index in [9.17, 15) is 0 Å². The summed E-state index contributed by atoms with van der Waals surface area (Å²) in [6.45, 7) is 12.5. The highest BCUT2D eigenvalue weighted by Gasteiger charge is 2.59. The summed E-state index contributed by atoms with van der Waals surface area (Å²) in [4.78, 5) is 3.11. The molecule has 3 saturated carbocycles. The minimum absolute atomic E-state index is 0.197. The van der Waals surface area contributed by atoms with Gasteiger partial charge in [-0.25, -0.2) is 0 Å². The molecule has 3 fully saturated rings. The number of nitrogens with zero attached hydrogens (tertiary/aromatic N) is 3. The van der Waals surface area contributed by atoms with Gasteiger partial charge in [-0.05, 0) is 103 Å². The summed E-state index contributed by atoms with van der Waals surface area (Å²) in [7, 11) is 0. The van der Waals surface area contributed by atoms with Crippen LogP contribution in [0.15, 0.2) is 16.8 Å². The Bertz CT molecular complexity index is 705. The molecule has 3 heteroatoms. The van der Waals surface area contributed by atoms with Gasteiger partial charge >= 0.3 is 0 Å². The Morgan fingerprint density at radius 1 is 1.07 bits per heavy atom. The lowest BCUT2D eigenvalue weighted by molar-refractivity contribution is -0.0508. The van der Waals surface area contributed by atoms with Gasteiger partial charge in [0, 0.05) is 11.0 Å². The minimum Gasteiger partial charge on any atom is -0.0903 e. The van der Waals surface area contributed by atoms with Crippen LogP contribution in [0.2, 0.25) is 0 Å². The second kappa shape index (κ2) is 8.53. The molecule has 6 unspecified atom stereocenters. The molecule has 8 atom stereocenters. The SMILES string of the molecule is CC(C)CCC[C@@H](C)C1CCC2C3CC=C4CC(N=[N+]=[N-])CCC4(C)[C@H]3CCC21C. The van der Waals surface area contributed by atoms with Gasteiger partial charge in [-0.3, -0.25) is 0 Å². The standard InChI is InChI=1S/C27H45N3/c1-18(2)7-6-8-19(3)23-11-12-24-22-10-9-20-17-21(29-30-28)13-15-26(20,4)25(22)14-16-27(23,24)5/h9,18-19,21-25H,6-8,10-17H2,1-5H3/t19-,21?,22?,23?,24?,25+,26?,27?/m1/s1. The van der Waals surface area contributed by atoms with Gasteiger partial charge in [-0.2, -0.15) is 0 Å². The van der Waals surface area contributed by atoms with Gasteiger partial charge < -0.3 is 0 Å². The van der Waals surface area contributed by atoms with Crippen LogP contribution in [-0.4, -0.2) is 6.04 Å². The smallest absolute Gasteiger partial charge is 0.0411 e. The summed E-state index contributed by atoms with van der Waals surface area (Å²) >= 11 is 0. The van der Waals surface area contributed by atoms with Gasteiger partial charge in [0.25, 0.3) is 0 Å². The second-order valence-electron chi connectivity index (χ2n) is 12.4. The van der Waals surface area contributed by atoms with Crippen LogP contribution in [0.3, 0.4) is 0 Å². The highest BCUT2D eigenvalue weighted by molar-refractivity contribution is 5.26. The average Bonchev–Trinajstić information content (AvgIpc) is 3.05. The van der Waals surface area contributed by atoms with E-state index in [2.05, 4.69) is 50.7 Å². The number of allylic oxidation sites excluding steroid dienone is 1. The van der Waals surface area contributed by atoms with Crippen LogP contribution in [0, 0.1) is 46.3 Å². The zero-order valence-electron chi connectivity index (χ0n) is 20.2. The lowest BCUT2D eigenvalue weighted by Crippen LogP contribution is -2.50. The maximum absolute atomic E-state index is 8.89. The molecular formula is C27H45N3. The molecule has 4 aliphatic carbocycles. The first-order valence-electron chi connectivity index (χ1n) is 13.0. The van der Waals surface area contributed by atoms with Crippen LogP contribution >= 0.6 is 0 Å². The van der Waals surface area contributed by atoms with Crippen LogP contribution in [-0.2, 0) is 0 Å². The van der Waals surface area contributed by atoms with Gasteiger partial charge in [0.2, 0.25) is 0 Å². The van der Waals surface area contributed by atoms with Crippen LogP contribution in [0.5, 0.6) is 0 Å². The normalized spacial score (nSPS) is 43.8. The monoisotopic (exact) mass is 411 g/mol. The van der Waals surface area contributed by atoms with Crippen molar-refractivity contribution >= 4 is 0 Å². The van der Waals surface area contributed by atoms with E-state index in [0.29, 0.717) is 10.8 Å². The fourth-order valence-corrected chi connectivity index (χ4v) is 8.84. The van der Waals surface area contributed by atoms with E-state index in [-0.39, 0.29) is 6.04 Å². The first kappa shape index (κ1) is 22.3. The number of rotatable bonds is 6. The zero-order valence-corrected chi connectivity index (χ0v) is 20.2. The van der Waals surface area contributed by atoms with Gasteiger partial charge in [0.1, 0.15) is 0 Å². The van der Waals surface area contributed by atoms with E-state index in [1.807, 2.05) is 0 Å². The molecule has 0 aliphatic heterocycles. The lowest BCUT2D eigenvalue weighted by atomic mass is 9.47. The van der Waals surface area contributed by atoms with Crippen LogP contribution in [0.4, 0.5) is 0 Å². The van der Waals surface area contributed by atoms with Gasteiger partial charge in [0.05, 0.1) is 0 Å². The van der Waals surface area contributed by atoms with Crippen molar-refractivity contribution in [3.8, 4) is 0 Å². The molecule has 30 heavy (non-hydrogen) atoms. The van der Waals surface area contributed by atoms with Crippen molar-refractivity contribution in [3.63, 3.8) is 0 Å². The molecule has 0 heterocycles. The van der Waals surface area contributed by atoms with Gasteiger partial charge in [-0.1, -0.05) is 70.6 Å². The summed E-state index contributed by atoms with van der Waals surface area (Å²) in [6.07, 6.45) is 17.3. The molecule has 0 aromatic heterocycles. The molecule has 4 aliphatic rings. The van der Waals surface area contributed by atoms with Crippen LogP contribution in [0.25, 0.3) is 10.4 Å². The van der Waals surface area contributed by atoms with E-state index in [0.717, 1.165) is 48.3 Å². The van der Waals surface area contributed by atoms with E-state index in [4.69, 9.17) is 5.53 Å². The quantitative estimate of drug-likeness (QED) is 0.182. The molecule has 4 rings (SSSR count). The van der Waals surface area contributed by atoms with Crippen molar-refractivity contribution in [2.75, 3.05) is 0 Å². The maximum Gasteiger partial charge on any atom is 0.0411 e. The Morgan fingerprint density at radius 2 is 1.87 bits per heavy atom. The predicted molar refractivity (Wildman–Crippen MR) is 126 cm³/mol. The number of hydrogen-bond donors (Lipinski definition) is 0. The number of azide groups is 1. The van der Waals surface area contributed by atoms with Gasteiger partial charge in [-0.15, -0.1) is 0 Å². The van der Waals surface area contributed by atoms with Crippen molar-refractivity contribution in [1.82, 2.24) is 0 Å². The Morgan fingerprint density at radius 3 is 2.60 bits per heavy atom. The Kier molecular flexibility index (Phi) is 6.33. The van der Waals surface area contributed by atoms with Crippen LogP contribution < -0.4 is 0 Å². The maximum atomic E-state index is 8.89. The topological polar surface area (TPSA) is 48.8 Å². The molecular weight excluding hydrogens is 366 g/mol. The molecule has 168 valence electrons. The van der Waals surface area contributed by atoms with E-state index < -0.39 is 0 Å². The molecule has 0 bridgehead atoms. The molecule has 0 saturated heterocycles. The summed E-state index contributed by atoms with van der Waals surface area (Å²) in [6, 6.07) is 0.197. The fraction of sp³-hybridized carbons (Fsp3) is 0.926.